The van der Waals surface area contributed by atoms with Crippen LogP contribution in [0.5, 0.6) is 0 Å². The third-order valence-corrected chi connectivity index (χ3v) is 5.79. The molecule has 0 atom stereocenters. The molecule has 29 heavy (non-hydrogen) atoms. The number of benzene rings is 2. The third kappa shape index (κ3) is 4.92. The maximum Gasteiger partial charge on any atom is 0.343 e. The van der Waals surface area contributed by atoms with Gasteiger partial charge in [0.15, 0.2) is 5.78 Å². The molecule has 3 rings (SSSR count). The van der Waals surface area contributed by atoms with Crippen molar-refractivity contribution in [3.8, 4) is 0 Å². The van der Waals surface area contributed by atoms with E-state index in [4.69, 9.17) is 4.74 Å². The number of aryl methyl sites for hydroxylation is 1. The Hall–Kier alpha value is -2.93. The van der Waals surface area contributed by atoms with E-state index in [9.17, 15) is 19.7 Å². The standard InChI is InChI=1S/C22H21NO5S/c1-14-8-10-15(11-9-14)21(25)28-18-13-22(2,3)12-17(24)20(18)29-19-7-5-4-6-16(19)23(26)27/h4-11H,12-13H2,1-3H3. The third-order valence-electron chi connectivity index (χ3n) is 4.56. The molecular weight excluding hydrogens is 390 g/mol. The van der Waals surface area contributed by atoms with Gasteiger partial charge in [-0.2, -0.15) is 0 Å². The summed E-state index contributed by atoms with van der Waals surface area (Å²) in [6.07, 6.45) is 0.668. The van der Waals surface area contributed by atoms with Crippen LogP contribution in [0, 0.1) is 22.5 Å². The van der Waals surface area contributed by atoms with Crippen LogP contribution in [0.3, 0.4) is 0 Å². The number of carbonyl (C=O) groups is 2. The lowest BCUT2D eigenvalue weighted by Gasteiger charge is -2.31. The van der Waals surface area contributed by atoms with Crippen molar-refractivity contribution >= 4 is 29.2 Å². The zero-order chi connectivity index (χ0) is 21.2. The minimum Gasteiger partial charge on any atom is -0.426 e. The van der Waals surface area contributed by atoms with Gasteiger partial charge in [-0.05, 0) is 30.5 Å². The summed E-state index contributed by atoms with van der Waals surface area (Å²) in [5.41, 5.74) is 0.940. The maximum absolute atomic E-state index is 12.8. The molecule has 0 saturated carbocycles. The van der Waals surface area contributed by atoms with Crippen molar-refractivity contribution in [1.29, 1.82) is 0 Å². The minimum absolute atomic E-state index is 0.0909. The van der Waals surface area contributed by atoms with E-state index in [2.05, 4.69) is 0 Å². The first kappa shape index (κ1) is 20.8. The molecule has 6 nitrogen and oxygen atoms in total. The number of thioether (sulfide) groups is 1. The lowest BCUT2D eigenvalue weighted by molar-refractivity contribution is -0.387. The largest absolute Gasteiger partial charge is 0.426 e. The van der Waals surface area contributed by atoms with E-state index in [1.54, 1.807) is 30.3 Å². The summed E-state index contributed by atoms with van der Waals surface area (Å²) in [6.45, 7) is 5.77. The van der Waals surface area contributed by atoms with Crippen LogP contribution in [-0.2, 0) is 9.53 Å². The molecule has 0 amide bonds. The van der Waals surface area contributed by atoms with Crippen molar-refractivity contribution < 1.29 is 19.2 Å². The van der Waals surface area contributed by atoms with Crippen LogP contribution < -0.4 is 0 Å². The van der Waals surface area contributed by atoms with Crippen LogP contribution in [0.4, 0.5) is 5.69 Å². The second kappa shape index (κ2) is 8.21. The minimum atomic E-state index is -0.550. The van der Waals surface area contributed by atoms with Gasteiger partial charge in [-0.25, -0.2) is 4.79 Å². The molecule has 0 aromatic heterocycles. The quantitative estimate of drug-likeness (QED) is 0.369. The Morgan fingerprint density at radius 1 is 1.10 bits per heavy atom. The van der Waals surface area contributed by atoms with Crippen LogP contribution >= 0.6 is 11.8 Å². The molecule has 1 aliphatic rings. The predicted molar refractivity (Wildman–Crippen MR) is 111 cm³/mol. The van der Waals surface area contributed by atoms with Gasteiger partial charge in [0.05, 0.1) is 20.3 Å². The topological polar surface area (TPSA) is 86.5 Å². The number of hydrogen-bond donors (Lipinski definition) is 0. The average Bonchev–Trinajstić information content (AvgIpc) is 2.64. The Morgan fingerprint density at radius 2 is 1.76 bits per heavy atom. The number of allylic oxidation sites excluding steroid dienone is 2. The van der Waals surface area contributed by atoms with E-state index in [0.717, 1.165) is 17.3 Å². The number of nitro groups is 1. The van der Waals surface area contributed by atoms with E-state index in [0.29, 0.717) is 16.9 Å². The number of para-hydroxylation sites is 1. The average molecular weight is 411 g/mol. The first-order chi connectivity index (χ1) is 13.7. The van der Waals surface area contributed by atoms with Gasteiger partial charge in [0.2, 0.25) is 0 Å². The molecule has 0 radical (unpaired) electrons. The first-order valence-electron chi connectivity index (χ1n) is 9.13. The summed E-state index contributed by atoms with van der Waals surface area (Å²) < 4.78 is 5.64. The fourth-order valence-corrected chi connectivity index (χ4v) is 4.14. The normalized spacial score (nSPS) is 15.9. The number of ether oxygens (including phenoxy) is 1. The number of hydrogen-bond acceptors (Lipinski definition) is 6. The van der Waals surface area contributed by atoms with Crippen molar-refractivity contribution in [2.45, 2.75) is 38.5 Å². The molecule has 0 saturated heterocycles. The van der Waals surface area contributed by atoms with Gasteiger partial charge in [0.1, 0.15) is 5.76 Å². The van der Waals surface area contributed by atoms with E-state index in [1.165, 1.54) is 6.07 Å². The second-order valence-electron chi connectivity index (χ2n) is 7.78. The van der Waals surface area contributed by atoms with Crippen molar-refractivity contribution in [2.24, 2.45) is 5.41 Å². The predicted octanol–water partition coefficient (Wildman–Crippen LogP) is 5.45. The summed E-state index contributed by atoms with van der Waals surface area (Å²) >= 11 is 0.987. The number of esters is 1. The van der Waals surface area contributed by atoms with E-state index < -0.39 is 10.9 Å². The Morgan fingerprint density at radius 3 is 2.41 bits per heavy atom. The smallest absolute Gasteiger partial charge is 0.343 e. The van der Waals surface area contributed by atoms with Gasteiger partial charge in [0, 0.05) is 18.9 Å². The Bertz CT molecular complexity index is 1010. The van der Waals surface area contributed by atoms with Gasteiger partial charge in [-0.1, -0.05) is 55.4 Å². The number of rotatable bonds is 5. The molecule has 2 aromatic carbocycles. The van der Waals surface area contributed by atoms with Gasteiger partial charge in [-0.15, -0.1) is 0 Å². The van der Waals surface area contributed by atoms with Gasteiger partial charge < -0.3 is 4.74 Å². The Kier molecular flexibility index (Phi) is 5.88. The second-order valence-corrected chi connectivity index (χ2v) is 8.83. The molecule has 0 bridgehead atoms. The van der Waals surface area contributed by atoms with Gasteiger partial charge in [-0.3, -0.25) is 14.9 Å². The first-order valence-corrected chi connectivity index (χ1v) is 9.94. The van der Waals surface area contributed by atoms with Crippen molar-refractivity contribution in [3.63, 3.8) is 0 Å². The van der Waals surface area contributed by atoms with Gasteiger partial charge in [0.25, 0.3) is 5.69 Å². The van der Waals surface area contributed by atoms with Crippen LogP contribution in [0.2, 0.25) is 0 Å². The van der Waals surface area contributed by atoms with Crippen LogP contribution in [0.1, 0.15) is 42.6 Å². The zero-order valence-corrected chi connectivity index (χ0v) is 17.2. The number of nitrogens with zero attached hydrogens (tertiary/aromatic N) is 1. The molecule has 0 heterocycles. The zero-order valence-electron chi connectivity index (χ0n) is 16.4. The van der Waals surface area contributed by atoms with Crippen LogP contribution in [-0.4, -0.2) is 16.7 Å². The van der Waals surface area contributed by atoms with Crippen molar-refractivity contribution in [2.75, 3.05) is 0 Å². The summed E-state index contributed by atoms with van der Waals surface area (Å²) in [6, 6.07) is 13.2. The number of ketones is 1. The lowest BCUT2D eigenvalue weighted by Crippen LogP contribution is -2.26. The van der Waals surface area contributed by atoms with Gasteiger partial charge >= 0.3 is 5.97 Å². The fourth-order valence-electron chi connectivity index (χ4n) is 3.11. The summed E-state index contributed by atoms with van der Waals surface area (Å²) in [4.78, 5) is 36.9. The molecular formula is C22H21NO5S. The summed E-state index contributed by atoms with van der Waals surface area (Å²) in [5.74, 6) is -0.470. The molecule has 1 aliphatic carbocycles. The molecule has 0 unspecified atom stereocenters. The highest BCUT2D eigenvalue weighted by molar-refractivity contribution is 8.04. The van der Waals surface area contributed by atoms with Crippen LogP contribution in [0.15, 0.2) is 64.1 Å². The number of Topliss-reactive ketones (excluding diaryl/α,β-unsaturated/α-hetero) is 1. The Balaban J connectivity index is 1.98. The van der Waals surface area contributed by atoms with E-state index in [-0.39, 0.29) is 34.0 Å². The molecule has 150 valence electrons. The van der Waals surface area contributed by atoms with E-state index in [1.807, 2.05) is 32.9 Å². The van der Waals surface area contributed by atoms with Crippen molar-refractivity contribution in [3.05, 3.63) is 80.4 Å². The number of nitro benzene ring substituents is 1. The molecule has 7 heteroatoms. The fraction of sp³-hybridized carbons (Fsp3) is 0.273. The monoisotopic (exact) mass is 411 g/mol. The van der Waals surface area contributed by atoms with E-state index >= 15 is 0 Å². The highest BCUT2D eigenvalue weighted by Gasteiger charge is 2.36. The molecule has 0 spiro atoms. The highest BCUT2D eigenvalue weighted by Crippen LogP contribution is 2.45. The lowest BCUT2D eigenvalue weighted by atomic mass is 9.79. The molecule has 0 fully saturated rings. The summed E-state index contributed by atoms with van der Waals surface area (Å²) in [5, 5.41) is 11.3. The molecule has 2 aromatic rings. The highest BCUT2D eigenvalue weighted by atomic mass is 32.2. The maximum atomic E-state index is 12.8. The molecule has 0 N–H and O–H groups in total. The molecule has 0 aliphatic heterocycles. The number of carbonyl (C=O) groups excluding carboxylic acids is 2. The van der Waals surface area contributed by atoms with Crippen molar-refractivity contribution in [1.82, 2.24) is 0 Å². The van der Waals surface area contributed by atoms with Crippen LogP contribution in [0.25, 0.3) is 0 Å². The summed E-state index contributed by atoms with van der Waals surface area (Å²) in [7, 11) is 0. The Labute approximate surface area is 173 Å². The SMILES string of the molecule is Cc1ccc(C(=O)OC2=C(Sc3ccccc3[N+](=O)[O-])C(=O)CC(C)(C)C2)cc1.